The highest BCUT2D eigenvalue weighted by molar-refractivity contribution is 7.10. The summed E-state index contributed by atoms with van der Waals surface area (Å²) in [5.74, 6) is 0.449. The van der Waals surface area contributed by atoms with Gasteiger partial charge in [-0.3, -0.25) is 4.79 Å². The lowest BCUT2D eigenvalue weighted by Gasteiger charge is -2.37. The Kier molecular flexibility index (Phi) is 9.11. The Morgan fingerprint density at radius 3 is 2.73 bits per heavy atom. The molecule has 0 saturated carbocycles. The second-order valence-electron chi connectivity index (χ2n) is 8.54. The van der Waals surface area contributed by atoms with Gasteiger partial charge >= 0.3 is 6.03 Å². The molecule has 1 aromatic heterocycles. The van der Waals surface area contributed by atoms with Gasteiger partial charge in [-0.2, -0.15) is 0 Å². The molecule has 0 aliphatic carbocycles. The number of benzene rings is 1. The molecule has 6 nitrogen and oxygen atoms in total. The Labute approximate surface area is 199 Å². The molecule has 8 heteroatoms. The van der Waals surface area contributed by atoms with Crippen LogP contribution in [-0.2, 0) is 11.2 Å². The fourth-order valence-electron chi connectivity index (χ4n) is 3.90. The number of ether oxygens (including phenoxy) is 1. The summed E-state index contributed by atoms with van der Waals surface area (Å²) in [6.45, 7) is 8.18. The molecule has 1 aliphatic rings. The van der Waals surface area contributed by atoms with Gasteiger partial charge in [0.15, 0.2) is 0 Å². The van der Waals surface area contributed by atoms with Gasteiger partial charge in [0.1, 0.15) is 24.7 Å². The number of carbonyl (C=O) groups excluding carboxylic acids is 2. The Morgan fingerprint density at radius 2 is 2.03 bits per heavy atom. The maximum Gasteiger partial charge on any atom is 0.317 e. The lowest BCUT2D eigenvalue weighted by molar-refractivity contribution is -0.135. The van der Waals surface area contributed by atoms with Gasteiger partial charge in [-0.25, -0.2) is 9.18 Å². The van der Waals surface area contributed by atoms with Gasteiger partial charge in [0, 0.05) is 24.5 Å². The van der Waals surface area contributed by atoms with E-state index < -0.39 is 0 Å². The summed E-state index contributed by atoms with van der Waals surface area (Å²) in [6, 6.07) is 7.49. The molecule has 3 rings (SSSR count). The van der Waals surface area contributed by atoms with Crippen LogP contribution in [0.3, 0.4) is 0 Å². The van der Waals surface area contributed by atoms with Gasteiger partial charge in [-0.05, 0) is 60.0 Å². The van der Waals surface area contributed by atoms with Crippen LogP contribution in [0.2, 0.25) is 0 Å². The minimum atomic E-state index is -0.320. The monoisotopic (exact) mass is 475 g/mol. The molecule has 3 amide bonds. The van der Waals surface area contributed by atoms with Gasteiger partial charge in [0.2, 0.25) is 5.91 Å². The van der Waals surface area contributed by atoms with Crippen molar-refractivity contribution in [2.45, 2.75) is 46.1 Å². The molecule has 180 valence electrons. The molecular weight excluding hydrogens is 441 g/mol. The summed E-state index contributed by atoms with van der Waals surface area (Å²) in [6.07, 6.45) is 2.56. The Balaban J connectivity index is 1.74. The fraction of sp³-hybridized carbons (Fsp3) is 0.520. The van der Waals surface area contributed by atoms with E-state index in [1.165, 1.54) is 17.0 Å². The van der Waals surface area contributed by atoms with Crippen molar-refractivity contribution in [1.29, 1.82) is 0 Å². The standard InChI is InChI=1S/C25H34FN3O3S/c1-4-12-27-25(31)28(15-18(3)5-2)16-24(30)29-13-10-23-21(11-14-33-23)22(29)17-32-20-8-6-19(26)7-9-20/h6-9,11,14,18,22H,4-5,10,12-13,15-17H2,1-3H3,(H,27,31)/t18-,22-/m1/s1. The second-order valence-corrected chi connectivity index (χ2v) is 9.54. The number of rotatable bonds is 10. The molecule has 0 fully saturated rings. The number of halogens is 1. The van der Waals surface area contributed by atoms with E-state index in [9.17, 15) is 14.0 Å². The average Bonchev–Trinajstić information content (AvgIpc) is 3.30. The SMILES string of the molecule is CCCNC(=O)N(CC(=O)N1CCc2sccc2[C@H]1COc1ccc(F)cc1)C[C@H](C)CC. The predicted molar refractivity (Wildman–Crippen MR) is 129 cm³/mol. The maximum atomic E-state index is 13.5. The Bertz CT molecular complexity index is 918. The van der Waals surface area contributed by atoms with Crippen molar-refractivity contribution in [3.8, 4) is 5.75 Å². The van der Waals surface area contributed by atoms with Crippen molar-refractivity contribution in [1.82, 2.24) is 15.1 Å². The van der Waals surface area contributed by atoms with Gasteiger partial charge in [0.05, 0.1) is 6.04 Å². The number of amides is 3. The van der Waals surface area contributed by atoms with E-state index in [2.05, 4.69) is 19.2 Å². The third-order valence-electron chi connectivity index (χ3n) is 6.01. The first-order chi connectivity index (χ1) is 15.9. The quantitative estimate of drug-likeness (QED) is 0.534. The Hall–Kier alpha value is -2.61. The van der Waals surface area contributed by atoms with Crippen LogP contribution in [0.5, 0.6) is 5.75 Å². The minimum absolute atomic E-state index is 0.0341. The number of fused-ring (bicyclic) bond motifs is 1. The van der Waals surface area contributed by atoms with Crippen LogP contribution in [0.4, 0.5) is 9.18 Å². The summed E-state index contributed by atoms with van der Waals surface area (Å²) >= 11 is 1.69. The van der Waals surface area contributed by atoms with Crippen molar-refractivity contribution in [2.75, 3.05) is 32.8 Å². The van der Waals surface area contributed by atoms with Crippen LogP contribution in [0.25, 0.3) is 0 Å². The normalized spacial score (nSPS) is 16.1. The number of nitrogens with zero attached hydrogens (tertiary/aromatic N) is 2. The van der Waals surface area contributed by atoms with E-state index in [1.54, 1.807) is 28.4 Å². The molecule has 1 aliphatic heterocycles. The van der Waals surface area contributed by atoms with E-state index in [4.69, 9.17) is 4.74 Å². The summed E-state index contributed by atoms with van der Waals surface area (Å²) in [7, 11) is 0. The van der Waals surface area contributed by atoms with E-state index in [-0.39, 0.29) is 36.9 Å². The molecule has 2 atom stereocenters. The highest BCUT2D eigenvalue weighted by Crippen LogP contribution is 2.34. The summed E-state index contributed by atoms with van der Waals surface area (Å²) in [4.78, 5) is 30.9. The van der Waals surface area contributed by atoms with Crippen LogP contribution in [-0.4, -0.2) is 54.5 Å². The molecule has 2 aromatic rings. The van der Waals surface area contributed by atoms with Gasteiger partial charge < -0.3 is 19.9 Å². The number of hydrogen-bond acceptors (Lipinski definition) is 4. The first kappa shape index (κ1) is 25.0. The summed E-state index contributed by atoms with van der Waals surface area (Å²) in [5, 5.41) is 4.95. The van der Waals surface area contributed by atoms with Gasteiger partial charge in [-0.15, -0.1) is 11.3 Å². The van der Waals surface area contributed by atoms with E-state index >= 15 is 0 Å². The lowest BCUT2D eigenvalue weighted by Crippen LogP contribution is -2.50. The smallest absolute Gasteiger partial charge is 0.317 e. The van der Waals surface area contributed by atoms with E-state index in [1.807, 2.05) is 23.3 Å². The van der Waals surface area contributed by atoms with Crippen LogP contribution in [0.1, 0.15) is 50.1 Å². The zero-order valence-corrected chi connectivity index (χ0v) is 20.5. The zero-order chi connectivity index (χ0) is 23.8. The molecule has 2 heterocycles. The first-order valence-corrected chi connectivity index (χ1v) is 12.6. The number of nitrogens with one attached hydrogen (secondary N) is 1. The molecule has 0 unspecified atom stereocenters. The average molecular weight is 476 g/mol. The number of carbonyl (C=O) groups is 2. The number of urea groups is 1. The van der Waals surface area contributed by atoms with Gasteiger partial charge in [-0.1, -0.05) is 27.2 Å². The lowest BCUT2D eigenvalue weighted by atomic mass is 10.00. The van der Waals surface area contributed by atoms with Crippen molar-refractivity contribution in [2.24, 2.45) is 5.92 Å². The van der Waals surface area contributed by atoms with Crippen molar-refractivity contribution in [3.63, 3.8) is 0 Å². The summed E-state index contributed by atoms with van der Waals surface area (Å²) in [5.41, 5.74) is 1.09. The van der Waals surface area contributed by atoms with Crippen LogP contribution < -0.4 is 10.1 Å². The molecule has 0 bridgehead atoms. The van der Waals surface area contributed by atoms with E-state index in [0.29, 0.717) is 31.3 Å². The predicted octanol–water partition coefficient (Wildman–Crippen LogP) is 4.86. The first-order valence-electron chi connectivity index (χ1n) is 11.7. The van der Waals surface area contributed by atoms with E-state index in [0.717, 1.165) is 24.8 Å². The maximum absolute atomic E-state index is 13.5. The number of thiophene rings is 1. The number of hydrogen-bond donors (Lipinski definition) is 1. The van der Waals surface area contributed by atoms with Crippen LogP contribution in [0, 0.1) is 11.7 Å². The second kappa shape index (κ2) is 12.0. The largest absolute Gasteiger partial charge is 0.491 e. The van der Waals surface area contributed by atoms with Crippen LogP contribution in [0.15, 0.2) is 35.7 Å². The molecular formula is C25H34FN3O3S. The molecule has 0 spiro atoms. The third kappa shape index (κ3) is 6.69. The fourth-order valence-corrected chi connectivity index (χ4v) is 4.83. The zero-order valence-electron chi connectivity index (χ0n) is 19.7. The highest BCUT2D eigenvalue weighted by Gasteiger charge is 2.33. The minimum Gasteiger partial charge on any atom is -0.491 e. The molecule has 33 heavy (non-hydrogen) atoms. The van der Waals surface area contributed by atoms with Crippen molar-refractivity contribution < 1.29 is 18.7 Å². The Morgan fingerprint density at radius 1 is 1.27 bits per heavy atom. The van der Waals surface area contributed by atoms with Crippen LogP contribution >= 0.6 is 11.3 Å². The third-order valence-corrected chi connectivity index (χ3v) is 7.00. The summed E-state index contributed by atoms with van der Waals surface area (Å²) < 4.78 is 19.2. The van der Waals surface area contributed by atoms with Crippen molar-refractivity contribution in [3.05, 3.63) is 52.0 Å². The topological polar surface area (TPSA) is 61.9 Å². The van der Waals surface area contributed by atoms with Crippen molar-refractivity contribution >= 4 is 23.3 Å². The molecule has 1 aromatic carbocycles. The molecule has 1 N–H and O–H groups in total. The van der Waals surface area contributed by atoms with Gasteiger partial charge in [0.25, 0.3) is 0 Å². The molecule has 0 radical (unpaired) electrons. The highest BCUT2D eigenvalue weighted by atomic mass is 32.1. The molecule has 0 saturated heterocycles.